The van der Waals surface area contributed by atoms with E-state index in [0.717, 1.165) is 6.04 Å². The Morgan fingerprint density at radius 1 is 1.18 bits per heavy atom. The molecule has 92 valence electrons. The molecular weight excluding hydrogens is 228 g/mol. The van der Waals surface area contributed by atoms with Gasteiger partial charge in [-0.25, -0.2) is 0 Å². The number of rotatable bonds is 2. The molecule has 0 spiro atoms. The van der Waals surface area contributed by atoms with E-state index in [9.17, 15) is 0 Å². The number of thioether (sulfide) groups is 1. The lowest BCUT2D eigenvalue weighted by Crippen LogP contribution is -2.37. The average Bonchev–Trinajstić information content (AvgIpc) is 2.90. The third kappa shape index (κ3) is 2.50. The first-order valence-corrected chi connectivity index (χ1v) is 7.85. The fourth-order valence-electron chi connectivity index (χ4n) is 3.13. The van der Waals surface area contributed by atoms with Gasteiger partial charge in [0.15, 0.2) is 0 Å². The molecule has 0 aliphatic carbocycles. The van der Waals surface area contributed by atoms with Gasteiger partial charge in [0.2, 0.25) is 0 Å². The fourth-order valence-corrected chi connectivity index (χ4v) is 4.22. The van der Waals surface area contributed by atoms with Crippen LogP contribution in [0.15, 0.2) is 24.4 Å². The zero-order valence-corrected chi connectivity index (χ0v) is 11.0. The topological polar surface area (TPSA) is 16.1 Å². The molecule has 0 saturated carbocycles. The maximum Gasteiger partial charge on any atom is 0.0575 e. The SMILES string of the molecule is c1ccc([C@H]2CCCN2C2CCSCC2)nc1. The van der Waals surface area contributed by atoms with E-state index in [2.05, 4.69) is 33.8 Å². The predicted molar refractivity (Wildman–Crippen MR) is 73.3 cm³/mol. The number of hydrogen-bond donors (Lipinski definition) is 0. The minimum atomic E-state index is 0.587. The lowest BCUT2D eigenvalue weighted by Gasteiger charge is -2.35. The van der Waals surface area contributed by atoms with Crippen molar-refractivity contribution in [3.05, 3.63) is 30.1 Å². The normalized spacial score (nSPS) is 27.4. The van der Waals surface area contributed by atoms with Crippen molar-refractivity contribution in [1.29, 1.82) is 0 Å². The lowest BCUT2D eigenvalue weighted by molar-refractivity contribution is 0.167. The number of likely N-dealkylation sites (tertiary alicyclic amines) is 1. The zero-order valence-electron chi connectivity index (χ0n) is 10.2. The van der Waals surface area contributed by atoms with Gasteiger partial charge in [0, 0.05) is 12.2 Å². The van der Waals surface area contributed by atoms with Crippen LogP contribution in [0.2, 0.25) is 0 Å². The molecule has 0 amide bonds. The molecule has 1 atom stereocenters. The molecule has 0 radical (unpaired) electrons. The second kappa shape index (κ2) is 5.40. The van der Waals surface area contributed by atoms with Gasteiger partial charge in [0.05, 0.1) is 11.7 Å². The van der Waals surface area contributed by atoms with Gasteiger partial charge in [-0.05, 0) is 55.9 Å². The standard InChI is InChI=1S/C14H20N2S/c1-2-8-15-13(4-1)14-5-3-9-16(14)12-6-10-17-11-7-12/h1-2,4,8,12,14H,3,5-7,9-11H2/t14-/m1/s1. The van der Waals surface area contributed by atoms with E-state index in [1.807, 2.05) is 12.3 Å². The summed E-state index contributed by atoms with van der Waals surface area (Å²) in [7, 11) is 0. The fraction of sp³-hybridized carbons (Fsp3) is 0.643. The van der Waals surface area contributed by atoms with Crippen molar-refractivity contribution in [3.8, 4) is 0 Å². The van der Waals surface area contributed by atoms with Gasteiger partial charge in [0.1, 0.15) is 0 Å². The first-order chi connectivity index (χ1) is 8.45. The van der Waals surface area contributed by atoms with Crippen molar-refractivity contribution in [2.24, 2.45) is 0 Å². The predicted octanol–water partition coefficient (Wildman–Crippen LogP) is 3.11. The van der Waals surface area contributed by atoms with Crippen LogP contribution in [-0.2, 0) is 0 Å². The molecule has 2 nitrogen and oxygen atoms in total. The van der Waals surface area contributed by atoms with E-state index in [-0.39, 0.29) is 0 Å². The van der Waals surface area contributed by atoms with Crippen LogP contribution in [0.1, 0.15) is 37.4 Å². The molecule has 3 rings (SSSR count). The van der Waals surface area contributed by atoms with E-state index in [4.69, 9.17) is 0 Å². The minimum Gasteiger partial charge on any atom is -0.292 e. The van der Waals surface area contributed by atoms with E-state index in [0.29, 0.717) is 6.04 Å². The Morgan fingerprint density at radius 2 is 2.06 bits per heavy atom. The molecule has 3 heteroatoms. The van der Waals surface area contributed by atoms with Crippen molar-refractivity contribution >= 4 is 11.8 Å². The Labute approximate surface area is 108 Å². The summed E-state index contributed by atoms with van der Waals surface area (Å²) in [5.74, 6) is 2.69. The van der Waals surface area contributed by atoms with Gasteiger partial charge >= 0.3 is 0 Å². The van der Waals surface area contributed by atoms with Crippen molar-refractivity contribution in [1.82, 2.24) is 9.88 Å². The number of nitrogens with zero attached hydrogens (tertiary/aromatic N) is 2. The summed E-state index contributed by atoms with van der Waals surface area (Å²) in [6.45, 7) is 1.27. The summed E-state index contributed by atoms with van der Waals surface area (Å²) in [5, 5.41) is 0. The van der Waals surface area contributed by atoms with Crippen LogP contribution in [0.4, 0.5) is 0 Å². The van der Waals surface area contributed by atoms with Crippen LogP contribution in [0.5, 0.6) is 0 Å². The highest BCUT2D eigenvalue weighted by Gasteiger charge is 2.32. The van der Waals surface area contributed by atoms with Crippen LogP contribution >= 0.6 is 11.8 Å². The third-order valence-corrected chi connectivity index (χ3v) is 5.03. The van der Waals surface area contributed by atoms with Crippen LogP contribution in [0, 0.1) is 0 Å². The Balaban J connectivity index is 1.75. The van der Waals surface area contributed by atoms with Crippen molar-refractivity contribution in [3.63, 3.8) is 0 Å². The third-order valence-electron chi connectivity index (χ3n) is 3.98. The minimum absolute atomic E-state index is 0.587. The van der Waals surface area contributed by atoms with Crippen LogP contribution in [-0.4, -0.2) is 34.0 Å². The van der Waals surface area contributed by atoms with Gasteiger partial charge in [0.25, 0.3) is 0 Å². The van der Waals surface area contributed by atoms with Crippen molar-refractivity contribution in [2.45, 2.75) is 37.8 Å². The molecule has 1 aromatic heterocycles. The largest absolute Gasteiger partial charge is 0.292 e. The molecule has 1 aromatic rings. The summed E-state index contributed by atoms with van der Waals surface area (Å²) in [5.41, 5.74) is 1.28. The first kappa shape index (κ1) is 11.5. The highest BCUT2D eigenvalue weighted by atomic mass is 32.2. The van der Waals surface area contributed by atoms with Gasteiger partial charge in [-0.3, -0.25) is 9.88 Å². The van der Waals surface area contributed by atoms with Gasteiger partial charge in [-0.1, -0.05) is 6.07 Å². The molecule has 0 aromatic carbocycles. The molecule has 2 aliphatic rings. The smallest absolute Gasteiger partial charge is 0.0575 e. The van der Waals surface area contributed by atoms with Crippen LogP contribution in [0.3, 0.4) is 0 Å². The van der Waals surface area contributed by atoms with E-state index in [1.54, 1.807) is 0 Å². The summed E-state index contributed by atoms with van der Waals surface area (Å²) >= 11 is 2.11. The monoisotopic (exact) mass is 248 g/mol. The molecule has 0 bridgehead atoms. The van der Waals surface area contributed by atoms with Crippen molar-refractivity contribution < 1.29 is 0 Å². The van der Waals surface area contributed by atoms with E-state index >= 15 is 0 Å². The molecule has 3 heterocycles. The quantitative estimate of drug-likeness (QED) is 0.800. The number of aromatic nitrogens is 1. The molecule has 2 aliphatic heterocycles. The van der Waals surface area contributed by atoms with Gasteiger partial charge in [-0.15, -0.1) is 0 Å². The Kier molecular flexibility index (Phi) is 3.67. The molecule has 0 N–H and O–H groups in total. The van der Waals surface area contributed by atoms with Crippen LogP contribution in [0.25, 0.3) is 0 Å². The van der Waals surface area contributed by atoms with Gasteiger partial charge in [-0.2, -0.15) is 11.8 Å². The number of pyridine rings is 1. The maximum atomic E-state index is 4.56. The molecule has 0 unspecified atom stereocenters. The molecular formula is C14H20N2S. The summed E-state index contributed by atoms with van der Waals surface area (Å²) in [6.07, 6.45) is 7.30. The second-order valence-electron chi connectivity index (χ2n) is 4.99. The lowest BCUT2D eigenvalue weighted by atomic mass is 10.1. The number of hydrogen-bond acceptors (Lipinski definition) is 3. The van der Waals surface area contributed by atoms with E-state index < -0.39 is 0 Å². The summed E-state index contributed by atoms with van der Waals surface area (Å²) in [4.78, 5) is 7.28. The second-order valence-corrected chi connectivity index (χ2v) is 6.22. The van der Waals surface area contributed by atoms with Gasteiger partial charge < -0.3 is 0 Å². The highest BCUT2D eigenvalue weighted by molar-refractivity contribution is 7.99. The first-order valence-electron chi connectivity index (χ1n) is 6.69. The average molecular weight is 248 g/mol. The summed E-state index contributed by atoms with van der Waals surface area (Å²) < 4.78 is 0. The Morgan fingerprint density at radius 3 is 2.82 bits per heavy atom. The maximum absolute atomic E-state index is 4.56. The highest BCUT2D eigenvalue weighted by Crippen LogP contribution is 2.36. The van der Waals surface area contributed by atoms with Crippen LogP contribution < -0.4 is 0 Å². The molecule has 17 heavy (non-hydrogen) atoms. The van der Waals surface area contributed by atoms with Crippen molar-refractivity contribution in [2.75, 3.05) is 18.1 Å². The Hall–Kier alpha value is -0.540. The molecule has 2 saturated heterocycles. The summed E-state index contributed by atoms with van der Waals surface area (Å²) in [6, 6.07) is 7.73. The molecule has 2 fully saturated rings. The Bertz CT molecular complexity index is 348. The zero-order chi connectivity index (χ0) is 11.5. The van der Waals surface area contributed by atoms with E-state index in [1.165, 1.54) is 49.4 Å².